The van der Waals surface area contributed by atoms with E-state index in [0.29, 0.717) is 6.42 Å². The number of ether oxygens (including phenoxy) is 1. The molecule has 1 aliphatic heterocycles. The molecule has 0 N–H and O–H groups in total. The van der Waals surface area contributed by atoms with Crippen LogP contribution in [-0.4, -0.2) is 11.9 Å². The quantitative estimate of drug-likeness (QED) is 0.159. The average Bonchev–Trinajstić information content (AvgIpc) is 2.69. The van der Waals surface area contributed by atoms with Crippen LogP contribution in [0.1, 0.15) is 136 Å². The molecule has 0 spiro atoms. The molecule has 0 bridgehead atoms. The molecular weight excluding hydrogens is 356 g/mol. The van der Waals surface area contributed by atoms with Gasteiger partial charge >= 0.3 is 0 Å². The van der Waals surface area contributed by atoms with Gasteiger partial charge in [-0.15, -0.1) is 0 Å². The largest absolute Gasteiger partial charge is 0.490 e. The molecule has 29 heavy (non-hydrogen) atoms. The van der Waals surface area contributed by atoms with E-state index in [9.17, 15) is 4.79 Å². The number of ketones is 1. The van der Waals surface area contributed by atoms with Gasteiger partial charge in [-0.25, -0.2) is 0 Å². The van der Waals surface area contributed by atoms with Crippen molar-refractivity contribution in [1.82, 2.24) is 0 Å². The van der Waals surface area contributed by atoms with Gasteiger partial charge in [-0.3, -0.25) is 4.79 Å². The summed E-state index contributed by atoms with van der Waals surface area (Å²) in [6.07, 6.45) is 31.5. The molecule has 0 amide bonds. The molecular formula is C27H48O2. The molecule has 0 aromatic rings. The van der Waals surface area contributed by atoms with Crippen molar-refractivity contribution in [1.29, 1.82) is 0 Å². The van der Waals surface area contributed by atoms with Crippen molar-refractivity contribution in [2.45, 2.75) is 142 Å². The van der Waals surface area contributed by atoms with E-state index in [1.165, 1.54) is 109 Å². The molecule has 0 radical (unpaired) electrons. The van der Waals surface area contributed by atoms with E-state index in [2.05, 4.69) is 19.1 Å². The smallest absolute Gasteiger partial charge is 0.163 e. The fraction of sp³-hybridized carbons (Fsp3) is 0.815. The van der Waals surface area contributed by atoms with Crippen LogP contribution in [0.4, 0.5) is 0 Å². The number of unbranched alkanes of at least 4 members (excludes halogenated alkanes) is 17. The number of carbonyl (C=O) groups excluding carboxylic acids is 1. The molecule has 0 saturated heterocycles. The molecule has 1 aliphatic rings. The fourth-order valence-corrected chi connectivity index (χ4v) is 4.14. The van der Waals surface area contributed by atoms with E-state index in [1.807, 2.05) is 6.92 Å². The predicted molar refractivity (Wildman–Crippen MR) is 126 cm³/mol. The van der Waals surface area contributed by atoms with Gasteiger partial charge in [-0.2, -0.15) is 0 Å². The van der Waals surface area contributed by atoms with Crippen LogP contribution in [0.25, 0.3) is 0 Å². The molecule has 1 atom stereocenters. The zero-order valence-electron chi connectivity index (χ0n) is 19.6. The number of hydrogen-bond donors (Lipinski definition) is 0. The topological polar surface area (TPSA) is 26.3 Å². The van der Waals surface area contributed by atoms with Gasteiger partial charge in [0.2, 0.25) is 0 Å². The molecule has 1 rings (SSSR count). The van der Waals surface area contributed by atoms with Crippen molar-refractivity contribution < 1.29 is 9.53 Å². The Balaban J connectivity index is 1.76. The third-order valence-electron chi connectivity index (χ3n) is 5.93. The average molecular weight is 405 g/mol. The maximum atomic E-state index is 11.5. The summed E-state index contributed by atoms with van der Waals surface area (Å²) in [7, 11) is 0. The minimum atomic E-state index is -0.0432. The summed E-state index contributed by atoms with van der Waals surface area (Å²) >= 11 is 0. The first-order chi connectivity index (χ1) is 14.2. The molecule has 2 heteroatoms. The van der Waals surface area contributed by atoms with Gasteiger partial charge in [0.15, 0.2) is 5.78 Å². The van der Waals surface area contributed by atoms with Gasteiger partial charge < -0.3 is 4.74 Å². The zero-order chi connectivity index (χ0) is 21.0. The van der Waals surface area contributed by atoms with E-state index in [1.54, 1.807) is 6.08 Å². The second kappa shape index (κ2) is 18.9. The molecule has 1 unspecified atom stereocenters. The van der Waals surface area contributed by atoms with Gasteiger partial charge in [0.05, 0.1) is 12.2 Å². The Labute approximate surface area is 181 Å². The Morgan fingerprint density at radius 2 is 1.24 bits per heavy atom. The lowest BCUT2D eigenvalue weighted by molar-refractivity contribution is -0.117. The molecule has 0 saturated carbocycles. The van der Waals surface area contributed by atoms with Gasteiger partial charge in [-0.05, 0) is 25.8 Å². The highest BCUT2D eigenvalue weighted by Crippen LogP contribution is 2.16. The van der Waals surface area contributed by atoms with Gasteiger partial charge in [0, 0.05) is 6.08 Å². The van der Waals surface area contributed by atoms with Crippen molar-refractivity contribution in [3.05, 3.63) is 24.0 Å². The minimum Gasteiger partial charge on any atom is -0.490 e. The lowest BCUT2D eigenvalue weighted by Gasteiger charge is -2.19. The standard InChI is InChI=1S/C27H48O2/c1-3-4-5-6-7-8-9-10-11-12-13-14-15-16-17-18-19-20-21-22-27-24-26(28)23-25(2)29-27/h21-23,27H,3-20,24H2,1-2H3/b22-21+. The van der Waals surface area contributed by atoms with E-state index in [-0.39, 0.29) is 11.9 Å². The summed E-state index contributed by atoms with van der Waals surface area (Å²) in [5.74, 6) is 0.926. The van der Waals surface area contributed by atoms with Crippen LogP contribution < -0.4 is 0 Å². The van der Waals surface area contributed by atoms with Crippen LogP contribution in [0.15, 0.2) is 24.0 Å². The normalized spacial score (nSPS) is 17.0. The van der Waals surface area contributed by atoms with Crippen LogP contribution in [0, 0.1) is 0 Å². The monoisotopic (exact) mass is 404 g/mol. The number of hydrogen-bond acceptors (Lipinski definition) is 2. The molecule has 0 aliphatic carbocycles. The summed E-state index contributed by atoms with van der Waals surface area (Å²) < 4.78 is 5.65. The maximum absolute atomic E-state index is 11.5. The van der Waals surface area contributed by atoms with Crippen LogP contribution in [0.3, 0.4) is 0 Å². The molecule has 0 aromatic carbocycles. The molecule has 1 heterocycles. The van der Waals surface area contributed by atoms with Crippen LogP contribution >= 0.6 is 0 Å². The summed E-state index contributed by atoms with van der Waals surface area (Å²) in [6.45, 7) is 4.15. The predicted octanol–water partition coefficient (Wildman–Crippen LogP) is 8.85. The first-order valence-electron chi connectivity index (χ1n) is 12.8. The minimum absolute atomic E-state index is 0.0432. The van der Waals surface area contributed by atoms with Crippen LogP contribution in [0.2, 0.25) is 0 Å². The highest BCUT2D eigenvalue weighted by Gasteiger charge is 2.16. The van der Waals surface area contributed by atoms with Gasteiger partial charge in [0.1, 0.15) is 6.10 Å². The van der Waals surface area contributed by atoms with E-state index >= 15 is 0 Å². The summed E-state index contributed by atoms with van der Waals surface area (Å²) in [6, 6.07) is 0. The second-order valence-corrected chi connectivity index (χ2v) is 8.96. The van der Waals surface area contributed by atoms with E-state index < -0.39 is 0 Å². The maximum Gasteiger partial charge on any atom is 0.163 e. The number of rotatable bonds is 19. The van der Waals surface area contributed by atoms with Crippen LogP contribution in [0.5, 0.6) is 0 Å². The Kier molecular flexibility index (Phi) is 17.0. The lowest BCUT2D eigenvalue weighted by atomic mass is 10.0. The van der Waals surface area contributed by atoms with Crippen LogP contribution in [-0.2, 0) is 9.53 Å². The van der Waals surface area contributed by atoms with Crippen molar-refractivity contribution in [3.8, 4) is 0 Å². The lowest BCUT2D eigenvalue weighted by Crippen LogP contribution is -2.18. The Bertz CT molecular complexity index is 449. The SMILES string of the molecule is CCCCCCCCCCCCCCCCCCC/C=C/C1CC(=O)C=C(C)O1. The molecule has 0 aromatic heterocycles. The Morgan fingerprint density at radius 1 is 0.793 bits per heavy atom. The fourth-order valence-electron chi connectivity index (χ4n) is 4.14. The second-order valence-electron chi connectivity index (χ2n) is 8.96. The zero-order valence-corrected chi connectivity index (χ0v) is 19.6. The first kappa shape index (κ1) is 26.0. The first-order valence-corrected chi connectivity index (χ1v) is 12.8. The van der Waals surface area contributed by atoms with Crippen molar-refractivity contribution in [2.75, 3.05) is 0 Å². The molecule has 2 nitrogen and oxygen atoms in total. The summed E-state index contributed by atoms with van der Waals surface area (Å²) in [4.78, 5) is 11.5. The van der Waals surface area contributed by atoms with Gasteiger partial charge in [0.25, 0.3) is 0 Å². The van der Waals surface area contributed by atoms with Crippen molar-refractivity contribution in [3.63, 3.8) is 0 Å². The number of carbonyl (C=O) groups is 1. The van der Waals surface area contributed by atoms with Crippen molar-refractivity contribution >= 4 is 5.78 Å². The third kappa shape index (κ3) is 16.4. The van der Waals surface area contributed by atoms with E-state index in [0.717, 1.165) is 12.2 Å². The highest BCUT2D eigenvalue weighted by atomic mass is 16.5. The Hall–Kier alpha value is -1.05. The molecule has 0 fully saturated rings. The highest BCUT2D eigenvalue weighted by molar-refractivity contribution is 5.91. The third-order valence-corrected chi connectivity index (χ3v) is 5.93. The summed E-state index contributed by atoms with van der Waals surface area (Å²) in [5, 5.41) is 0. The summed E-state index contributed by atoms with van der Waals surface area (Å²) in [5.41, 5.74) is 0. The van der Waals surface area contributed by atoms with Gasteiger partial charge in [-0.1, -0.05) is 116 Å². The molecule has 168 valence electrons. The van der Waals surface area contributed by atoms with E-state index in [4.69, 9.17) is 4.74 Å². The number of allylic oxidation sites excluding steroid dienone is 3. The van der Waals surface area contributed by atoms with Crippen molar-refractivity contribution in [2.24, 2.45) is 0 Å². The Morgan fingerprint density at radius 3 is 1.69 bits per heavy atom.